The third kappa shape index (κ3) is 3.55. The zero-order chi connectivity index (χ0) is 13.8. The van der Waals surface area contributed by atoms with Crippen LogP contribution in [-0.4, -0.2) is 5.91 Å². The average Bonchev–Trinajstić information content (AvgIpc) is 2.36. The summed E-state index contributed by atoms with van der Waals surface area (Å²) in [6, 6.07) is 11.7. The minimum absolute atomic E-state index is 0.0487. The lowest BCUT2D eigenvalue weighted by Crippen LogP contribution is -2.23. The van der Waals surface area contributed by atoms with Gasteiger partial charge in [-0.05, 0) is 42.3 Å². The lowest BCUT2D eigenvalue weighted by Gasteiger charge is -2.07. The van der Waals surface area contributed by atoms with E-state index in [2.05, 4.69) is 5.32 Å². The van der Waals surface area contributed by atoms with Crippen molar-refractivity contribution in [3.05, 3.63) is 70.0 Å². The Labute approximate surface area is 116 Å². The maximum absolute atomic E-state index is 13.6. The smallest absolute Gasteiger partial charge is 0.254 e. The predicted molar refractivity (Wildman–Crippen MR) is 73.8 cm³/mol. The van der Waals surface area contributed by atoms with Gasteiger partial charge in [0.1, 0.15) is 5.82 Å². The molecule has 0 atom stereocenters. The summed E-state index contributed by atoms with van der Waals surface area (Å²) < 4.78 is 13.6. The number of aryl methyl sites for hydroxylation is 1. The van der Waals surface area contributed by atoms with Crippen LogP contribution in [0.3, 0.4) is 0 Å². The third-order valence-corrected chi connectivity index (χ3v) is 2.95. The Bertz CT molecular complexity index is 613. The van der Waals surface area contributed by atoms with Gasteiger partial charge in [0, 0.05) is 11.6 Å². The minimum Gasteiger partial charge on any atom is -0.348 e. The molecule has 0 spiro atoms. The number of hydrogen-bond donors (Lipinski definition) is 1. The predicted octanol–water partition coefficient (Wildman–Crippen LogP) is 3.72. The first-order valence-corrected chi connectivity index (χ1v) is 6.23. The average molecular weight is 278 g/mol. The fourth-order valence-corrected chi connectivity index (χ4v) is 1.94. The number of halogens is 2. The highest BCUT2D eigenvalue weighted by atomic mass is 35.5. The van der Waals surface area contributed by atoms with E-state index in [1.54, 1.807) is 31.2 Å². The van der Waals surface area contributed by atoms with Gasteiger partial charge in [-0.1, -0.05) is 29.8 Å². The fourth-order valence-electron chi connectivity index (χ4n) is 1.73. The van der Waals surface area contributed by atoms with Crippen LogP contribution in [0.1, 0.15) is 21.5 Å². The van der Waals surface area contributed by atoms with Gasteiger partial charge in [0.2, 0.25) is 0 Å². The Morgan fingerprint density at radius 3 is 2.74 bits per heavy atom. The molecule has 0 unspecified atom stereocenters. The second-order valence-corrected chi connectivity index (χ2v) is 4.73. The maximum Gasteiger partial charge on any atom is 0.254 e. The molecule has 0 aliphatic carbocycles. The maximum atomic E-state index is 13.6. The van der Waals surface area contributed by atoms with Gasteiger partial charge >= 0.3 is 0 Å². The molecule has 2 aromatic carbocycles. The monoisotopic (exact) mass is 277 g/mol. The van der Waals surface area contributed by atoms with Gasteiger partial charge in [0.15, 0.2) is 0 Å². The largest absolute Gasteiger partial charge is 0.348 e. The number of carbonyl (C=O) groups excluding carboxylic acids is 1. The first-order valence-electron chi connectivity index (χ1n) is 5.85. The summed E-state index contributed by atoms with van der Waals surface area (Å²) in [7, 11) is 0. The van der Waals surface area contributed by atoms with Crippen LogP contribution in [0, 0.1) is 12.7 Å². The molecule has 98 valence electrons. The number of rotatable bonds is 3. The molecular weight excluding hydrogens is 265 g/mol. The van der Waals surface area contributed by atoms with Crippen molar-refractivity contribution >= 4 is 17.5 Å². The Kier molecular flexibility index (Phi) is 4.17. The van der Waals surface area contributed by atoms with Gasteiger partial charge < -0.3 is 5.32 Å². The molecule has 2 aromatic rings. The highest BCUT2D eigenvalue weighted by molar-refractivity contribution is 6.30. The fraction of sp³-hybridized carbons (Fsp3) is 0.133. The summed E-state index contributed by atoms with van der Waals surface area (Å²) >= 11 is 5.85. The van der Waals surface area contributed by atoms with Crippen molar-refractivity contribution in [1.29, 1.82) is 0 Å². The van der Waals surface area contributed by atoms with Gasteiger partial charge in [-0.3, -0.25) is 4.79 Å². The summed E-state index contributed by atoms with van der Waals surface area (Å²) in [5.41, 5.74) is 1.70. The molecule has 2 rings (SSSR count). The van der Waals surface area contributed by atoms with E-state index in [0.29, 0.717) is 11.6 Å². The summed E-state index contributed by atoms with van der Waals surface area (Å²) in [6.07, 6.45) is 0. The molecule has 0 aliphatic heterocycles. The molecule has 0 fully saturated rings. The van der Waals surface area contributed by atoms with Crippen LogP contribution in [0.2, 0.25) is 5.02 Å². The zero-order valence-electron chi connectivity index (χ0n) is 10.4. The van der Waals surface area contributed by atoms with Crippen molar-refractivity contribution in [2.45, 2.75) is 13.5 Å². The molecule has 0 radical (unpaired) electrons. The van der Waals surface area contributed by atoms with Crippen molar-refractivity contribution in [2.24, 2.45) is 0 Å². The number of carbonyl (C=O) groups is 1. The highest BCUT2D eigenvalue weighted by Crippen LogP contribution is 2.12. The molecule has 4 heteroatoms. The van der Waals surface area contributed by atoms with Gasteiger partial charge in [0.05, 0.1) is 5.56 Å². The second-order valence-electron chi connectivity index (χ2n) is 4.30. The summed E-state index contributed by atoms with van der Waals surface area (Å²) in [4.78, 5) is 11.9. The molecule has 1 N–H and O–H groups in total. The van der Waals surface area contributed by atoms with Crippen LogP contribution in [0.5, 0.6) is 0 Å². The molecule has 19 heavy (non-hydrogen) atoms. The number of benzene rings is 2. The van der Waals surface area contributed by atoms with Crippen LogP contribution < -0.4 is 5.32 Å². The lowest BCUT2D eigenvalue weighted by molar-refractivity contribution is 0.0947. The van der Waals surface area contributed by atoms with E-state index < -0.39 is 11.7 Å². The van der Waals surface area contributed by atoms with Crippen molar-refractivity contribution < 1.29 is 9.18 Å². The molecule has 0 saturated carbocycles. The van der Waals surface area contributed by atoms with Crippen LogP contribution >= 0.6 is 11.6 Å². The topological polar surface area (TPSA) is 29.1 Å². The lowest BCUT2D eigenvalue weighted by atomic mass is 10.1. The van der Waals surface area contributed by atoms with Gasteiger partial charge in [-0.2, -0.15) is 0 Å². The molecule has 0 aromatic heterocycles. The zero-order valence-corrected chi connectivity index (χ0v) is 11.2. The van der Waals surface area contributed by atoms with Crippen molar-refractivity contribution in [3.63, 3.8) is 0 Å². The number of nitrogens with one attached hydrogen (secondary N) is 1. The minimum atomic E-state index is -0.511. The summed E-state index contributed by atoms with van der Waals surface area (Å²) in [5, 5.41) is 3.27. The first-order chi connectivity index (χ1) is 9.06. The van der Waals surface area contributed by atoms with Gasteiger partial charge in [-0.25, -0.2) is 4.39 Å². The van der Waals surface area contributed by atoms with Crippen LogP contribution in [-0.2, 0) is 6.54 Å². The normalized spacial score (nSPS) is 10.3. The second kappa shape index (κ2) is 5.85. The van der Waals surface area contributed by atoms with E-state index in [0.717, 1.165) is 11.1 Å². The third-order valence-electron chi connectivity index (χ3n) is 2.71. The Hall–Kier alpha value is -1.87. The SMILES string of the molecule is Cc1ccc(C(=O)NCc2cccc(Cl)c2)c(F)c1. The summed E-state index contributed by atoms with van der Waals surface area (Å²) in [5.74, 6) is -0.943. The summed E-state index contributed by atoms with van der Waals surface area (Å²) in [6.45, 7) is 2.09. The van der Waals surface area contributed by atoms with Crippen LogP contribution in [0.4, 0.5) is 4.39 Å². The van der Waals surface area contributed by atoms with E-state index in [9.17, 15) is 9.18 Å². The van der Waals surface area contributed by atoms with Crippen LogP contribution in [0.25, 0.3) is 0 Å². The standard InChI is InChI=1S/C15H13ClFNO/c1-10-5-6-13(14(17)7-10)15(19)18-9-11-3-2-4-12(16)8-11/h2-8H,9H2,1H3,(H,18,19). The van der Waals surface area contributed by atoms with E-state index in [-0.39, 0.29) is 5.56 Å². The Balaban J connectivity index is 2.05. The van der Waals surface area contributed by atoms with Gasteiger partial charge in [-0.15, -0.1) is 0 Å². The molecule has 0 bridgehead atoms. The molecule has 1 amide bonds. The quantitative estimate of drug-likeness (QED) is 0.910. The number of amides is 1. The van der Waals surface area contributed by atoms with Crippen molar-refractivity contribution in [3.8, 4) is 0 Å². The van der Waals surface area contributed by atoms with Gasteiger partial charge in [0.25, 0.3) is 5.91 Å². The number of hydrogen-bond acceptors (Lipinski definition) is 1. The van der Waals surface area contributed by atoms with E-state index >= 15 is 0 Å². The van der Waals surface area contributed by atoms with E-state index in [4.69, 9.17) is 11.6 Å². The molecule has 2 nitrogen and oxygen atoms in total. The van der Waals surface area contributed by atoms with E-state index in [1.807, 2.05) is 6.07 Å². The molecule has 0 heterocycles. The highest BCUT2D eigenvalue weighted by Gasteiger charge is 2.11. The van der Waals surface area contributed by atoms with Crippen molar-refractivity contribution in [1.82, 2.24) is 5.32 Å². The Morgan fingerprint density at radius 1 is 1.26 bits per heavy atom. The molecular formula is C15H13ClFNO. The molecule has 0 aliphatic rings. The van der Waals surface area contributed by atoms with Crippen molar-refractivity contribution in [2.75, 3.05) is 0 Å². The first kappa shape index (κ1) is 13.6. The Morgan fingerprint density at radius 2 is 2.05 bits per heavy atom. The van der Waals surface area contributed by atoms with Crippen LogP contribution in [0.15, 0.2) is 42.5 Å². The van der Waals surface area contributed by atoms with E-state index in [1.165, 1.54) is 12.1 Å². The molecule has 0 saturated heterocycles.